The SMILES string of the molecule is C[C@H]1CN([C@@H](C)CO)C(=O)Cc2cc(NC(=O)c3ccncc3)ccc2O[C@H]1CN(C)Cc1ccc(-c2ccccc2)cc1. The lowest BCUT2D eigenvalue weighted by Gasteiger charge is -2.34. The fourth-order valence-corrected chi connectivity index (χ4v) is 5.55. The zero-order valence-electron chi connectivity index (χ0n) is 25.5. The van der Waals surface area contributed by atoms with E-state index in [0.717, 1.165) is 6.54 Å². The Morgan fingerprint density at radius 2 is 1.75 bits per heavy atom. The second kappa shape index (κ2) is 14.3. The molecule has 8 heteroatoms. The van der Waals surface area contributed by atoms with Gasteiger partial charge in [0, 0.05) is 54.8 Å². The van der Waals surface area contributed by atoms with E-state index >= 15 is 0 Å². The second-order valence-corrected chi connectivity index (χ2v) is 11.7. The number of hydrogen-bond donors (Lipinski definition) is 2. The van der Waals surface area contributed by atoms with E-state index in [1.165, 1.54) is 16.7 Å². The van der Waals surface area contributed by atoms with Crippen LogP contribution in [0.4, 0.5) is 5.69 Å². The molecule has 1 aromatic heterocycles. The summed E-state index contributed by atoms with van der Waals surface area (Å²) in [4.78, 5) is 34.3. The molecule has 3 aromatic carbocycles. The fourth-order valence-electron chi connectivity index (χ4n) is 5.55. The molecule has 0 unspecified atom stereocenters. The Labute approximate surface area is 259 Å². The van der Waals surface area contributed by atoms with Gasteiger partial charge in [0.15, 0.2) is 0 Å². The standard InChI is InChI=1S/C36H40N4O4/c1-25-21-40(26(2)24-41)35(42)20-31-19-32(38-36(43)30-15-17-37-18-16-30)13-14-33(31)44-34(25)23-39(3)22-27-9-11-29(12-10-27)28-7-5-4-6-8-28/h4-19,25-26,34,41H,20-24H2,1-3H3,(H,38,43)/t25-,26-,34-/m0/s1. The molecule has 228 valence electrons. The Hall–Kier alpha value is -4.53. The highest BCUT2D eigenvalue weighted by molar-refractivity contribution is 6.04. The van der Waals surface area contributed by atoms with Crippen molar-refractivity contribution in [1.82, 2.24) is 14.8 Å². The Morgan fingerprint density at radius 1 is 1.05 bits per heavy atom. The molecule has 2 amide bonds. The molecule has 2 N–H and O–H groups in total. The molecule has 8 nitrogen and oxygen atoms in total. The number of benzene rings is 3. The number of rotatable bonds is 9. The van der Waals surface area contributed by atoms with Crippen molar-refractivity contribution in [2.75, 3.05) is 32.1 Å². The molecule has 2 heterocycles. The summed E-state index contributed by atoms with van der Waals surface area (Å²) in [6, 6.07) is 27.3. The highest BCUT2D eigenvalue weighted by atomic mass is 16.5. The molecule has 5 rings (SSSR count). The summed E-state index contributed by atoms with van der Waals surface area (Å²) in [5, 5.41) is 12.9. The molecule has 1 aliphatic heterocycles. The first-order valence-corrected chi connectivity index (χ1v) is 15.0. The van der Waals surface area contributed by atoms with Crippen LogP contribution in [0.5, 0.6) is 5.75 Å². The minimum absolute atomic E-state index is 0.00660. The molecule has 4 aromatic rings. The van der Waals surface area contributed by atoms with Crippen LogP contribution in [0, 0.1) is 5.92 Å². The maximum absolute atomic E-state index is 13.5. The number of aliphatic hydroxyl groups is 1. The fraction of sp³-hybridized carbons (Fsp3) is 0.306. The van der Waals surface area contributed by atoms with E-state index in [1.807, 2.05) is 31.2 Å². The van der Waals surface area contributed by atoms with E-state index in [0.29, 0.717) is 35.7 Å². The number of anilines is 1. The number of aromatic nitrogens is 1. The lowest BCUT2D eigenvalue weighted by Crippen LogP contribution is -2.47. The van der Waals surface area contributed by atoms with Gasteiger partial charge in [0.1, 0.15) is 11.9 Å². The van der Waals surface area contributed by atoms with Crippen LogP contribution in [0.25, 0.3) is 11.1 Å². The van der Waals surface area contributed by atoms with Crippen molar-refractivity contribution in [2.45, 2.75) is 39.0 Å². The summed E-state index contributed by atoms with van der Waals surface area (Å²) in [6.45, 7) is 5.66. The quantitative estimate of drug-likeness (QED) is 0.275. The first-order chi connectivity index (χ1) is 21.3. The second-order valence-electron chi connectivity index (χ2n) is 11.7. The summed E-state index contributed by atoms with van der Waals surface area (Å²) in [5.74, 6) is 0.264. The van der Waals surface area contributed by atoms with Gasteiger partial charge in [0.25, 0.3) is 5.91 Å². The molecule has 3 atom stereocenters. The van der Waals surface area contributed by atoms with Crippen molar-refractivity contribution in [2.24, 2.45) is 5.92 Å². The molecule has 0 aliphatic carbocycles. The maximum atomic E-state index is 13.5. The van der Waals surface area contributed by atoms with Crippen LogP contribution >= 0.6 is 0 Å². The van der Waals surface area contributed by atoms with Crippen molar-refractivity contribution in [3.8, 4) is 16.9 Å². The van der Waals surface area contributed by atoms with Gasteiger partial charge in [-0.05, 0) is 61.0 Å². The highest BCUT2D eigenvalue weighted by Gasteiger charge is 2.31. The lowest BCUT2D eigenvalue weighted by molar-refractivity contribution is -0.134. The minimum Gasteiger partial charge on any atom is -0.488 e. The third-order valence-electron chi connectivity index (χ3n) is 8.12. The van der Waals surface area contributed by atoms with Crippen LogP contribution < -0.4 is 10.1 Å². The van der Waals surface area contributed by atoms with Gasteiger partial charge in [0.05, 0.1) is 19.1 Å². The summed E-state index contributed by atoms with van der Waals surface area (Å²) < 4.78 is 6.67. The number of aliphatic hydroxyl groups excluding tert-OH is 1. The van der Waals surface area contributed by atoms with Crippen LogP contribution in [0.1, 0.15) is 35.3 Å². The van der Waals surface area contributed by atoms with Gasteiger partial charge in [-0.3, -0.25) is 19.5 Å². The van der Waals surface area contributed by atoms with Crippen LogP contribution in [0.3, 0.4) is 0 Å². The predicted octanol–water partition coefficient (Wildman–Crippen LogP) is 5.28. The zero-order valence-corrected chi connectivity index (χ0v) is 25.5. The van der Waals surface area contributed by atoms with Crippen LogP contribution in [0.2, 0.25) is 0 Å². The smallest absolute Gasteiger partial charge is 0.255 e. The van der Waals surface area contributed by atoms with Crippen molar-refractivity contribution in [1.29, 1.82) is 0 Å². The number of carbonyl (C=O) groups is 2. The first kappa shape index (κ1) is 30.9. The number of likely N-dealkylation sites (N-methyl/N-ethyl adjacent to an activating group) is 1. The molecule has 0 bridgehead atoms. The number of nitrogens with zero attached hydrogens (tertiary/aromatic N) is 3. The molecular formula is C36H40N4O4. The monoisotopic (exact) mass is 592 g/mol. The first-order valence-electron chi connectivity index (χ1n) is 15.0. The Balaban J connectivity index is 1.35. The third-order valence-corrected chi connectivity index (χ3v) is 8.12. The molecular weight excluding hydrogens is 552 g/mol. The number of hydrogen-bond acceptors (Lipinski definition) is 6. The molecule has 0 fully saturated rings. The Bertz CT molecular complexity index is 1550. The van der Waals surface area contributed by atoms with Gasteiger partial charge in [-0.1, -0.05) is 61.5 Å². The number of nitrogens with one attached hydrogen (secondary N) is 1. The number of carbonyl (C=O) groups excluding carboxylic acids is 2. The van der Waals surface area contributed by atoms with Crippen molar-refractivity contribution < 1.29 is 19.4 Å². The number of ether oxygens (including phenoxy) is 1. The van der Waals surface area contributed by atoms with E-state index < -0.39 is 0 Å². The molecule has 1 aliphatic rings. The van der Waals surface area contributed by atoms with Gasteiger partial charge >= 0.3 is 0 Å². The summed E-state index contributed by atoms with van der Waals surface area (Å²) >= 11 is 0. The molecule has 0 radical (unpaired) electrons. The zero-order chi connectivity index (χ0) is 31.1. The lowest BCUT2D eigenvalue weighted by atomic mass is 10.0. The average molecular weight is 593 g/mol. The summed E-state index contributed by atoms with van der Waals surface area (Å²) in [5.41, 5.74) is 5.32. The summed E-state index contributed by atoms with van der Waals surface area (Å²) in [6.07, 6.45) is 3.02. The molecule has 0 spiro atoms. The van der Waals surface area contributed by atoms with Crippen LogP contribution in [0.15, 0.2) is 97.3 Å². The van der Waals surface area contributed by atoms with Crippen LogP contribution in [-0.4, -0.2) is 70.6 Å². The molecule has 0 saturated carbocycles. The topological polar surface area (TPSA) is 95.0 Å². The average Bonchev–Trinajstić information content (AvgIpc) is 3.09. The van der Waals surface area contributed by atoms with E-state index in [-0.39, 0.29) is 42.9 Å². The van der Waals surface area contributed by atoms with E-state index in [9.17, 15) is 14.7 Å². The molecule has 0 saturated heterocycles. The maximum Gasteiger partial charge on any atom is 0.255 e. The van der Waals surface area contributed by atoms with Gasteiger partial charge in [-0.25, -0.2) is 0 Å². The normalized spacial score (nSPS) is 17.6. The Kier molecular flexibility index (Phi) is 10.0. The van der Waals surface area contributed by atoms with Gasteiger partial charge < -0.3 is 20.1 Å². The van der Waals surface area contributed by atoms with Gasteiger partial charge in [-0.15, -0.1) is 0 Å². The van der Waals surface area contributed by atoms with Crippen molar-refractivity contribution >= 4 is 17.5 Å². The van der Waals surface area contributed by atoms with Gasteiger partial charge in [0.2, 0.25) is 5.91 Å². The summed E-state index contributed by atoms with van der Waals surface area (Å²) in [7, 11) is 2.08. The largest absolute Gasteiger partial charge is 0.488 e. The van der Waals surface area contributed by atoms with Crippen molar-refractivity contribution in [3.05, 3.63) is 114 Å². The number of pyridine rings is 1. The Morgan fingerprint density at radius 3 is 2.45 bits per heavy atom. The van der Waals surface area contributed by atoms with Crippen molar-refractivity contribution in [3.63, 3.8) is 0 Å². The highest BCUT2D eigenvalue weighted by Crippen LogP contribution is 2.30. The van der Waals surface area contributed by atoms with E-state index in [2.05, 4.69) is 65.6 Å². The van der Waals surface area contributed by atoms with E-state index in [4.69, 9.17) is 4.74 Å². The minimum atomic E-state index is -0.331. The van der Waals surface area contributed by atoms with E-state index in [1.54, 1.807) is 41.6 Å². The number of amides is 2. The molecule has 44 heavy (non-hydrogen) atoms. The number of fused-ring (bicyclic) bond motifs is 1. The van der Waals surface area contributed by atoms with Gasteiger partial charge in [-0.2, -0.15) is 0 Å². The third kappa shape index (κ3) is 7.70. The van der Waals surface area contributed by atoms with Crippen LogP contribution in [-0.2, 0) is 17.8 Å². The predicted molar refractivity (Wildman–Crippen MR) is 172 cm³/mol.